The van der Waals surface area contributed by atoms with Gasteiger partial charge in [-0.1, -0.05) is 59.6 Å². The van der Waals surface area contributed by atoms with Gasteiger partial charge < -0.3 is 14.5 Å². The molecule has 196 valence electrons. The molecule has 4 rings (SSSR count). The van der Waals surface area contributed by atoms with Crippen molar-refractivity contribution in [2.24, 2.45) is 0 Å². The number of halogens is 2. The van der Waals surface area contributed by atoms with Crippen LogP contribution in [0.1, 0.15) is 11.1 Å². The maximum atomic E-state index is 13.7. The summed E-state index contributed by atoms with van der Waals surface area (Å²) in [6, 6.07) is 18.3. The van der Waals surface area contributed by atoms with Crippen LogP contribution in [0.15, 0.2) is 71.6 Å². The molecule has 7 nitrogen and oxygen atoms in total. The summed E-state index contributed by atoms with van der Waals surface area (Å²) in [6.45, 7) is 4.19. The van der Waals surface area contributed by atoms with Gasteiger partial charge in [0, 0.05) is 36.9 Å². The number of ether oxygens (including phenoxy) is 1. The molecular weight excluding hydrogens is 533 g/mol. The lowest BCUT2D eigenvalue weighted by Gasteiger charge is -2.38. The van der Waals surface area contributed by atoms with Crippen molar-refractivity contribution >= 4 is 44.8 Å². The van der Waals surface area contributed by atoms with E-state index < -0.39 is 16.1 Å². The summed E-state index contributed by atoms with van der Waals surface area (Å²) >= 11 is 12.4. The van der Waals surface area contributed by atoms with Crippen LogP contribution in [-0.4, -0.2) is 58.6 Å². The fourth-order valence-electron chi connectivity index (χ4n) is 4.41. The molecule has 0 saturated carbocycles. The molecule has 1 fully saturated rings. The van der Waals surface area contributed by atoms with Gasteiger partial charge in [-0.25, -0.2) is 8.42 Å². The van der Waals surface area contributed by atoms with Gasteiger partial charge in [-0.05, 0) is 54.8 Å². The highest BCUT2D eigenvalue weighted by Gasteiger charge is 2.32. The number of rotatable bonds is 8. The lowest BCUT2D eigenvalue weighted by Crippen LogP contribution is -2.55. The number of aryl methyl sites for hydroxylation is 1. The Morgan fingerprint density at radius 3 is 2.35 bits per heavy atom. The highest BCUT2D eigenvalue weighted by Crippen LogP contribution is 2.28. The Labute approximate surface area is 228 Å². The van der Waals surface area contributed by atoms with E-state index in [9.17, 15) is 13.2 Å². The predicted octanol–water partition coefficient (Wildman–Crippen LogP) is 4.55. The van der Waals surface area contributed by atoms with Crippen LogP contribution in [0.3, 0.4) is 0 Å². The van der Waals surface area contributed by atoms with Crippen LogP contribution >= 0.6 is 23.2 Å². The highest BCUT2D eigenvalue weighted by atomic mass is 35.5. The van der Waals surface area contributed by atoms with Gasteiger partial charge in [0.15, 0.2) is 0 Å². The molecule has 0 radical (unpaired) electrons. The van der Waals surface area contributed by atoms with Crippen molar-refractivity contribution < 1.29 is 17.9 Å². The molecule has 1 atom stereocenters. The monoisotopic (exact) mass is 561 g/mol. The molecule has 3 aromatic rings. The lowest BCUT2D eigenvalue weighted by molar-refractivity contribution is -0.133. The fraction of sp³-hybridized carbons (Fsp3) is 0.296. The van der Waals surface area contributed by atoms with E-state index in [2.05, 4.69) is 9.62 Å². The van der Waals surface area contributed by atoms with Crippen LogP contribution in [0.2, 0.25) is 10.0 Å². The smallest absolute Gasteiger partial charge is 0.241 e. The maximum Gasteiger partial charge on any atom is 0.241 e. The second kappa shape index (κ2) is 11.7. The molecular formula is C27H29Cl2N3O4S. The average molecular weight is 563 g/mol. The van der Waals surface area contributed by atoms with Gasteiger partial charge in [0.05, 0.1) is 17.0 Å². The first-order chi connectivity index (χ1) is 17.7. The number of sulfonamides is 1. The molecule has 1 amide bonds. The Balaban J connectivity index is 1.53. The average Bonchev–Trinajstić information content (AvgIpc) is 2.90. The minimum atomic E-state index is -4.04. The molecule has 0 unspecified atom stereocenters. The summed E-state index contributed by atoms with van der Waals surface area (Å²) in [5, 5.41) is 0.832. The van der Waals surface area contributed by atoms with E-state index in [1.807, 2.05) is 55.5 Å². The molecule has 1 heterocycles. The predicted molar refractivity (Wildman–Crippen MR) is 147 cm³/mol. The molecule has 10 heteroatoms. The number of piperazine rings is 1. The minimum Gasteiger partial charge on any atom is -0.495 e. The molecule has 0 spiro atoms. The third kappa shape index (κ3) is 6.57. The number of nitrogens with one attached hydrogen (secondary N) is 1. The van der Waals surface area contributed by atoms with Crippen molar-refractivity contribution in [2.45, 2.75) is 24.3 Å². The number of methoxy groups -OCH3 is 1. The van der Waals surface area contributed by atoms with E-state index in [-0.39, 0.29) is 22.2 Å². The number of hydrogen-bond donors (Lipinski definition) is 1. The van der Waals surface area contributed by atoms with E-state index in [0.717, 1.165) is 16.8 Å². The van der Waals surface area contributed by atoms with Gasteiger partial charge in [-0.2, -0.15) is 4.72 Å². The van der Waals surface area contributed by atoms with Crippen LogP contribution in [0.5, 0.6) is 5.75 Å². The summed E-state index contributed by atoms with van der Waals surface area (Å²) < 4.78 is 34.3. The normalized spacial score (nSPS) is 14.9. The zero-order chi connectivity index (χ0) is 26.6. The van der Waals surface area contributed by atoms with Crippen molar-refractivity contribution in [3.05, 3.63) is 87.9 Å². The molecule has 0 bridgehead atoms. The molecule has 1 aliphatic rings. The second-order valence-corrected chi connectivity index (χ2v) is 11.5. The topological polar surface area (TPSA) is 78.9 Å². The minimum absolute atomic E-state index is 0.0367. The van der Waals surface area contributed by atoms with E-state index in [4.69, 9.17) is 27.9 Å². The Bertz CT molecular complexity index is 1360. The van der Waals surface area contributed by atoms with E-state index in [1.54, 1.807) is 4.90 Å². The van der Waals surface area contributed by atoms with Crippen LogP contribution in [0.4, 0.5) is 5.69 Å². The first-order valence-electron chi connectivity index (χ1n) is 11.9. The van der Waals surface area contributed by atoms with Crippen molar-refractivity contribution in [1.29, 1.82) is 0 Å². The van der Waals surface area contributed by atoms with Gasteiger partial charge in [0.2, 0.25) is 15.9 Å². The molecule has 1 aliphatic heterocycles. The third-order valence-corrected chi connectivity index (χ3v) is 8.41. The summed E-state index contributed by atoms with van der Waals surface area (Å²) in [5.74, 6) is 0.0971. The molecule has 0 aromatic heterocycles. The number of carbonyl (C=O) groups is 1. The number of anilines is 1. The van der Waals surface area contributed by atoms with E-state index >= 15 is 0 Å². The summed E-state index contributed by atoms with van der Waals surface area (Å²) in [5.41, 5.74) is 3.00. The van der Waals surface area contributed by atoms with E-state index in [0.29, 0.717) is 37.0 Å². The van der Waals surface area contributed by atoms with Crippen molar-refractivity contribution in [1.82, 2.24) is 9.62 Å². The summed E-state index contributed by atoms with van der Waals surface area (Å²) in [6.07, 6.45) is 0.219. The van der Waals surface area contributed by atoms with Gasteiger partial charge in [-0.15, -0.1) is 0 Å². The number of carbonyl (C=O) groups excluding carboxylic acids is 1. The van der Waals surface area contributed by atoms with Crippen LogP contribution in [-0.2, 0) is 21.2 Å². The Morgan fingerprint density at radius 1 is 1.00 bits per heavy atom. The number of amides is 1. The first kappa shape index (κ1) is 27.3. The van der Waals surface area contributed by atoms with Crippen molar-refractivity contribution in [2.75, 3.05) is 38.2 Å². The van der Waals surface area contributed by atoms with Crippen LogP contribution < -0.4 is 14.4 Å². The zero-order valence-electron chi connectivity index (χ0n) is 20.7. The third-order valence-electron chi connectivity index (χ3n) is 6.41. The van der Waals surface area contributed by atoms with E-state index in [1.165, 1.54) is 25.3 Å². The van der Waals surface area contributed by atoms with Gasteiger partial charge >= 0.3 is 0 Å². The molecule has 3 aromatic carbocycles. The summed E-state index contributed by atoms with van der Waals surface area (Å²) in [7, 11) is -2.58. The Hall–Kier alpha value is -2.78. The first-order valence-corrected chi connectivity index (χ1v) is 14.1. The summed E-state index contributed by atoms with van der Waals surface area (Å²) in [4.78, 5) is 17.5. The maximum absolute atomic E-state index is 13.7. The largest absolute Gasteiger partial charge is 0.495 e. The van der Waals surface area contributed by atoms with Gasteiger partial charge in [0.25, 0.3) is 0 Å². The number of benzene rings is 3. The quantitative estimate of drug-likeness (QED) is 0.436. The Kier molecular flexibility index (Phi) is 8.64. The van der Waals surface area contributed by atoms with Crippen molar-refractivity contribution in [3.63, 3.8) is 0 Å². The van der Waals surface area contributed by atoms with Gasteiger partial charge in [-0.3, -0.25) is 4.79 Å². The number of hydrogen-bond acceptors (Lipinski definition) is 5. The lowest BCUT2D eigenvalue weighted by atomic mass is 10.1. The SMILES string of the molecule is COc1ccc(S(=O)(=O)N[C@@H](Cc2ccccc2)C(=O)N2CCN(c3cc(Cl)ccc3C)CC2)cc1Cl. The molecule has 37 heavy (non-hydrogen) atoms. The Morgan fingerprint density at radius 2 is 1.70 bits per heavy atom. The van der Waals surface area contributed by atoms with Crippen LogP contribution in [0, 0.1) is 6.92 Å². The standard InChI is InChI=1S/C27H29Cl2N3O4S/c1-19-8-9-21(28)17-25(19)31-12-14-32(15-13-31)27(33)24(16-20-6-4-3-5-7-20)30-37(34,35)22-10-11-26(36-2)23(29)18-22/h3-11,17-18,24,30H,12-16H2,1-2H3/t24-/m0/s1. The molecule has 0 aliphatic carbocycles. The zero-order valence-corrected chi connectivity index (χ0v) is 23.0. The number of nitrogens with zero attached hydrogens (tertiary/aromatic N) is 2. The fourth-order valence-corrected chi connectivity index (χ4v) is 6.11. The second-order valence-electron chi connectivity index (χ2n) is 8.90. The van der Waals surface area contributed by atoms with Crippen molar-refractivity contribution in [3.8, 4) is 5.75 Å². The van der Waals surface area contributed by atoms with Gasteiger partial charge in [0.1, 0.15) is 11.8 Å². The molecule has 1 saturated heterocycles. The highest BCUT2D eigenvalue weighted by molar-refractivity contribution is 7.89. The van der Waals surface area contributed by atoms with Crippen LogP contribution in [0.25, 0.3) is 0 Å². The molecule has 1 N–H and O–H groups in total.